The molecule has 2 aromatic rings. The molecule has 0 unspecified atom stereocenters. The lowest BCUT2D eigenvalue weighted by atomic mass is 10.1. The van der Waals surface area contributed by atoms with Gasteiger partial charge in [0.25, 0.3) is 10.0 Å². The molecule has 19 heavy (non-hydrogen) atoms. The average molecular weight is 276 g/mol. The largest absolute Gasteiger partial charge is 0.263 e. The third kappa shape index (κ3) is 3.12. The van der Waals surface area contributed by atoms with Crippen molar-refractivity contribution in [1.82, 2.24) is 4.98 Å². The van der Waals surface area contributed by atoms with E-state index in [0.29, 0.717) is 5.82 Å². The summed E-state index contributed by atoms with van der Waals surface area (Å²) in [6, 6.07) is 8.56. The lowest BCUT2D eigenvalue weighted by molar-refractivity contribution is 0.601. The summed E-state index contributed by atoms with van der Waals surface area (Å²) in [6.07, 6.45) is 1.58. The van der Waals surface area contributed by atoms with Crippen molar-refractivity contribution in [2.45, 2.75) is 25.7 Å². The number of aryl methyl sites for hydroxylation is 3. The summed E-state index contributed by atoms with van der Waals surface area (Å²) in [6.45, 7) is 5.72. The first-order valence-corrected chi connectivity index (χ1v) is 7.39. The van der Waals surface area contributed by atoms with E-state index < -0.39 is 10.0 Å². The molecule has 1 heterocycles. The number of sulfonamides is 1. The summed E-state index contributed by atoms with van der Waals surface area (Å²) in [7, 11) is -3.58. The number of hydrogen-bond acceptors (Lipinski definition) is 3. The second-order valence-corrected chi connectivity index (χ2v) is 6.25. The van der Waals surface area contributed by atoms with Crippen LogP contribution in [0.2, 0.25) is 0 Å². The van der Waals surface area contributed by atoms with Crippen LogP contribution in [0.5, 0.6) is 0 Å². The molecule has 5 heteroatoms. The monoisotopic (exact) mass is 276 g/mol. The Morgan fingerprint density at radius 3 is 2.37 bits per heavy atom. The molecule has 4 nitrogen and oxygen atoms in total. The Morgan fingerprint density at radius 1 is 1.00 bits per heavy atom. The molecule has 0 aliphatic heterocycles. The maximum Gasteiger partial charge on any atom is 0.263 e. The minimum atomic E-state index is -3.58. The van der Waals surface area contributed by atoms with Gasteiger partial charge in [-0.3, -0.25) is 4.72 Å². The Bertz CT molecular complexity index is 709. The van der Waals surface area contributed by atoms with Crippen molar-refractivity contribution in [2.24, 2.45) is 0 Å². The van der Waals surface area contributed by atoms with Crippen molar-refractivity contribution in [3.8, 4) is 0 Å². The molecule has 0 radical (unpaired) electrons. The number of anilines is 1. The van der Waals surface area contributed by atoms with E-state index in [4.69, 9.17) is 0 Å². The smallest absolute Gasteiger partial charge is 0.263 e. The summed E-state index contributed by atoms with van der Waals surface area (Å²) in [5.41, 5.74) is 2.96. The number of hydrogen-bond donors (Lipinski definition) is 1. The molecule has 0 spiro atoms. The molecule has 0 aliphatic rings. The van der Waals surface area contributed by atoms with Crippen molar-refractivity contribution in [1.29, 1.82) is 0 Å². The van der Waals surface area contributed by atoms with E-state index in [1.165, 1.54) is 0 Å². The van der Waals surface area contributed by atoms with Crippen LogP contribution in [0, 0.1) is 20.8 Å². The van der Waals surface area contributed by atoms with E-state index in [1.54, 1.807) is 30.5 Å². The number of nitrogens with zero attached hydrogens (tertiary/aromatic N) is 1. The highest BCUT2D eigenvalue weighted by Gasteiger charge is 2.15. The maximum absolute atomic E-state index is 12.2. The Kier molecular flexibility index (Phi) is 3.57. The summed E-state index contributed by atoms with van der Waals surface area (Å²) in [5, 5.41) is 0. The van der Waals surface area contributed by atoms with E-state index in [-0.39, 0.29) is 4.90 Å². The lowest BCUT2D eigenvalue weighted by Crippen LogP contribution is -2.14. The topological polar surface area (TPSA) is 59.1 Å². The van der Waals surface area contributed by atoms with E-state index in [2.05, 4.69) is 9.71 Å². The fourth-order valence-electron chi connectivity index (χ4n) is 1.67. The summed E-state index contributed by atoms with van der Waals surface area (Å²) < 4.78 is 26.9. The number of aromatic nitrogens is 1. The van der Waals surface area contributed by atoms with Gasteiger partial charge in [0, 0.05) is 6.20 Å². The molecule has 0 atom stereocenters. The molecule has 1 N–H and O–H groups in total. The molecule has 1 aromatic carbocycles. The number of rotatable bonds is 3. The number of nitrogens with one attached hydrogen (secondary N) is 1. The molecule has 0 aliphatic carbocycles. The molecule has 100 valence electrons. The molecule has 1 aromatic heterocycles. The molecular formula is C14H16N2O2S. The van der Waals surface area contributed by atoms with Crippen LogP contribution in [0.4, 0.5) is 5.82 Å². The predicted octanol–water partition coefficient (Wildman–Crippen LogP) is 2.81. The minimum absolute atomic E-state index is 0.249. The quantitative estimate of drug-likeness (QED) is 0.937. The first-order valence-electron chi connectivity index (χ1n) is 5.91. The molecule has 0 amide bonds. The van der Waals surface area contributed by atoms with Crippen molar-refractivity contribution in [2.75, 3.05) is 4.72 Å². The third-order valence-electron chi connectivity index (χ3n) is 2.94. The van der Waals surface area contributed by atoms with Gasteiger partial charge in [0.2, 0.25) is 0 Å². The van der Waals surface area contributed by atoms with Gasteiger partial charge < -0.3 is 0 Å². The van der Waals surface area contributed by atoms with Gasteiger partial charge >= 0.3 is 0 Å². The van der Waals surface area contributed by atoms with Crippen LogP contribution in [-0.4, -0.2) is 13.4 Å². The van der Waals surface area contributed by atoms with Gasteiger partial charge in [0.05, 0.1) is 4.90 Å². The van der Waals surface area contributed by atoms with Crippen LogP contribution >= 0.6 is 0 Å². The Morgan fingerprint density at radius 2 is 1.74 bits per heavy atom. The van der Waals surface area contributed by atoms with Crippen molar-refractivity contribution in [3.63, 3.8) is 0 Å². The zero-order valence-electron chi connectivity index (χ0n) is 11.1. The fourth-order valence-corrected chi connectivity index (χ4v) is 2.75. The number of benzene rings is 1. The van der Waals surface area contributed by atoms with E-state index in [9.17, 15) is 8.42 Å². The average Bonchev–Trinajstić information content (AvgIpc) is 2.32. The summed E-state index contributed by atoms with van der Waals surface area (Å²) in [4.78, 5) is 4.25. The second kappa shape index (κ2) is 5.01. The van der Waals surface area contributed by atoms with Crippen molar-refractivity contribution < 1.29 is 8.42 Å². The SMILES string of the molecule is Cc1ccnc(NS(=O)(=O)c2ccc(C)c(C)c2)c1. The first kappa shape index (κ1) is 13.5. The first-order chi connectivity index (χ1) is 8.88. The van der Waals surface area contributed by atoms with Crippen LogP contribution in [0.15, 0.2) is 41.4 Å². The zero-order chi connectivity index (χ0) is 14.0. The highest BCUT2D eigenvalue weighted by Crippen LogP contribution is 2.18. The third-order valence-corrected chi connectivity index (χ3v) is 4.30. The molecule has 0 bridgehead atoms. The minimum Gasteiger partial charge on any atom is -0.263 e. The Balaban J connectivity index is 2.35. The normalized spacial score (nSPS) is 11.3. The molecular weight excluding hydrogens is 260 g/mol. The molecule has 2 rings (SSSR count). The van der Waals surface area contributed by atoms with E-state index in [0.717, 1.165) is 16.7 Å². The summed E-state index contributed by atoms with van der Waals surface area (Å²) in [5.74, 6) is 0.332. The predicted molar refractivity (Wildman–Crippen MR) is 75.7 cm³/mol. The van der Waals surface area contributed by atoms with E-state index >= 15 is 0 Å². The van der Waals surface area contributed by atoms with Gasteiger partial charge in [0.1, 0.15) is 5.82 Å². The van der Waals surface area contributed by atoms with Crippen LogP contribution in [0.3, 0.4) is 0 Å². The molecule has 0 fully saturated rings. The van der Waals surface area contributed by atoms with E-state index in [1.807, 2.05) is 26.8 Å². The van der Waals surface area contributed by atoms with Crippen LogP contribution < -0.4 is 4.72 Å². The van der Waals surface area contributed by atoms with Crippen LogP contribution in [0.1, 0.15) is 16.7 Å². The fraction of sp³-hybridized carbons (Fsp3) is 0.214. The van der Waals surface area contributed by atoms with Gasteiger partial charge in [-0.05, 0) is 61.7 Å². The van der Waals surface area contributed by atoms with Gasteiger partial charge in [-0.15, -0.1) is 0 Å². The van der Waals surface area contributed by atoms with Crippen LogP contribution in [-0.2, 0) is 10.0 Å². The second-order valence-electron chi connectivity index (χ2n) is 4.57. The standard InChI is InChI=1S/C14H16N2O2S/c1-10-6-7-15-14(8-10)16-19(17,18)13-5-4-11(2)12(3)9-13/h4-9H,1-3H3,(H,15,16). The lowest BCUT2D eigenvalue weighted by Gasteiger charge is -2.09. The van der Waals surface area contributed by atoms with Crippen LogP contribution in [0.25, 0.3) is 0 Å². The molecule has 0 saturated carbocycles. The summed E-state index contributed by atoms with van der Waals surface area (Å²) >= 11 is 0. The highest BCUT2D eigenvalue weighted by molar-refractivity contribution is 7.92. The van der Waals surface area contributed by atoms with Crippen molar-refractivity contribution >= 4 is 15.8 Å². The van der Waals surface area contributed by atoms with Crippen molar-refractivity contribution in [3.05, 3.63) is 53.2 Å². The Labute approximate surface area is 113 Å². The number of pyridine rings is 1. The van der Waals surface area contributed by atoms with Gasteiger partial charge in [-0.1, -0.05) is 6.07 Å². The maximum atomic E-state index is 12.2. The van der Waals surface area contributed by atoms with Gasteiger partial charge in [-0.25, -0.2) is 13.4 Å². The van der Waals surface area contributed by atoms with Gasteiger partial charge in [-0.2, -0.15) is 0 Å². The molecule has 0 saturated heterocycles. The van der Waals surface area contributed by atoms with Gasteiger partial charge in [0.15, 0.2) is 0 Å². The Hall–Kier alpha value is -1.88. The zero-order valence-corrected chi connectivity index (χ0v) is 12.0. The highest BCUT2D eigenvalue weighted by atomic mass is 32.2.